The smallest absolute Gasteiger partial charge is 0.128 e. The number of rotatable bonds is 9. The number of aromatic nitrogens is 1. The Morgan fingerprint density at radius 2 is 1.90 bits per heavy atom. The lowest BCUT2D eigenvalue weighted by molar-refractivity contribution is 0.356. The Morgan fingerprint density at radius 1 is 1.20 bits per heavy atom. The van der Waals surface area contributed by atoms with Gasteiger partial charge in [0.05, 0.1) is 0 Å². The van der Waals surface area contributed by atoms with Gasteiger partial charge in [-0.1, -0.05) is 26.8 Å². The van der Waals surface area contributed by atoms with Crippen LogP contribution in [0, 0.1) is 5.92 Å². The van der Waals surface area contributed by atoms with Gasteiger partial charge in [0.2, 0.25) is 0 Å². The van der Waals surface area contributed by atoms with Crippen molar-refractivity contribution in [1.82, 2.24) is 9.88 Å². The van der Waals surface area contributed by atoms with Crippen LogP contribution in [-0.2, 0) is 0 Å². The van der Waals surface area contributed by atoms with Crippen LogP contribution in [0.15, 0.2) is 18.2 Å². The predicted octanol–water partition coefficient (Wildman–Crippen LogP) is 3.29. The van der Waals surface area contributed by atoms with Crippen LogP contribution in [0.4, 0.5) is 11.6 Å². The van der Waals surface area contributed by atoms with Crippen molar-refractivity contribution in [2.45, 2.75) is 39.7 Å². The Bertz CT molecular complexity index is 366. The Kier molecular flexibility index (Phi) is 7.37. The highest BCUT2D eigenvalue weighted by Crippen LogP contribution is 2.14. The van der Waals surface area contributed by atoms with E-state index >= 15 is 0 Å². The van der Waals surface area contributed by atoms with Gasteiger partial charge in [-0.25, -0.2) is 4.98 Å². The highest BCUT2D eigenvalue weighted by molar-refractivity contribution is 5.45. The summed E-state index contributed by atoms with van der Waals surface area (Å²) in [4.78, 5) is 6.85. The van der Waals surface area contributed by atoms with Crippen LogP contribution >= 0.6 is 0 Å². The fourth-order valence-electron chi connectivity index (χ4n) is 2.26. The second kappa shape index (κ2) is 8.80. The maximum Gasteiger partial charge on any atom is 0.128 e. The molecule has 1 aromatic rings. The number of anilines is 2. The summed E-state index contributed by atoms with van der Waals surface area (Å²) in [6.45, 7) is 8.66. The predicted molar refractivity (Wildman–Crippen MR) is 88.4 cm³/mol. The van der Waals surface area contributed by atoms with Crippen LogP contribution in [0.25, 0.3) is 0 Å². The molecule has 4 nitrogen and oxygen atoms in total. The highest BCUT2D eigenvalue weighted by atomic mass is 15.1. The van der Waals surface area contributed by atoms with E-state index in [9.17, 15) is 0 Å². The zero-order valence-corrected chi connectivity index (χ0v) is 13.6. The minimum absolute atomic E-state index is 0.430. The van der Waals surface area contributed by atoms with Gasteiger partial charge in [-0.05, 0) is 45.0 Å². The molecule has 1 rings (SSSR count). The van der Waals surface area contributed by atoms with E-state index in [2.05, 4.69) is 61.5 Å². The van der Waals surface area contributed by atoms with Crippen molar-refractivity contribution in [1.29, 1.82) is 0 Å². The van der Waals surface area contributed by atoms with Crippen molar-refractivity contribution in [3.8, 4) is 0 Å². The van der Waals surface area contributed by atoms with Crippen LogP contribution in [0.2, 0.25) is 0 Å². The molecule has 0 radical (unpaired) electrons. The van der Waals surface area contributed by atoms with Gasteiger partial charge in [0.15, 0.2) is 0 Å². The lowest BCUT2D eigenvalue weighted by Gasteiger charge is -2.24. The van der Waals surface area contributed by atoms with E-state index in [-0.39, 0.29) is 0 Å². The molecule has 0 aliphatic heterocycles. The molecule has 0 amide bonds. The molecule has 0 bridgehead atoms. The van der Waals surface area contributed by atoms with Crippen molar-refractivity contribution in [3.63, 3.8) is 0 Å². The number of likely N-dealkylation sites (N-methyl/N-ethyl adjacent to an activating group) is 1. The zero-order chi connectivity index (χ0) is 15.0. The standard InChI is InChI=1S/C16H30N4/c1-6-10-17-15-8-7-9-16(19-15)18-14(11-13(2)3)12-20(4)5/h7-9,13-14H,6,10-12H2,1-5H3,(H2,17,18,19). The van der Waals surface area contributed by atoms with Gasteiger partial charge in [0.1, 0.15) is 11.6 Å². The molecule has 0 aliphatic rings. The van der Waals surface area contributed by atoms with E-state index in [1.54, 1.807) is 0 Å². The van der Waals surface area contributed by atoms with Crippen molar-refractivity contribution in [2.75, 3.05) is 37.8 Å². The third-order valence-corrected chi connectivity index (χ3v) is 3.00. The zero-order valence-electron chi connectivity index (χ0n) is 13.6. The van der Waals surface area contributed by atoms with Gasteiger partial charge < -0.3 is 15.5 Å². The van der Waals surface area contributed by atoms with Gasteiger partial charge in [0, 0.05) is 19.1 Å². The first kappa shape index (κ1) is 16.8. The van der Waals surface area contributed by atoms with Crippen LogP contribution < -0.4 is 10.6 Å². The number of hydrogen-bond donors (Lipinski definition) is 2. The summed E-state index contributed by atoms with van der Waals surface area (Å²) in [6, 6.07) is 6.54. The second-order valence-electron chi connectivity index (χ2n) is 6.07. The van der Waals surface area contributed by atoms with Gasteiger partial charge in [-0.2, -0.15) is 0 Å². The summed E-state index contributed by atoms with van der Waals surface area (Å²) in [5, 5.41) is 6.89. The van der Waals surface area contributed by atoms with E-state index in [1.165, 1.54) is 0 Å². The maximum absolute atomic E-state index is 4.62. The lowest BCUT2D eigenvalue weighted by atomic mass is 10.0. The Morgan fingerprint density at radius 3 is 2.50 bits per heavy atom. The molecule has 1 unspecified atom stereocenters. The number of nitrogens with zero attached hydrogens (tertiary/aromatic N) is 2. The number of pyridine rings is 1. The SMILES string of the molecule is CCCNc1cccc(NC(CC(C)C)CN(C)C)n1. The van der Waals surface area contributed by atoms with E-state index in [1.807, 2.05) is 12.1 Å². The van der Waals surface area contributed by atoms with E-state index in [4.69, 9.17) is 0 Å². The molecule has 0 saturated heterocycles. The van der Waals surface area contributed by atoms with Crippen molar-refractivity contribution < 1.29 is 0 Å². The molecule has 1 atom stereocenters. The van der Waals surface area contributed by atoms with E-state index in [0.29, 0.717) is 12.0 Å². The quantitative estimate of drug-likeness (QED) is 0.727. The normalized spacial score (nSPS) is 12.8. The average molecular weight is 278 g/mol. The largest absolute Gasteiger partial charge is 0.370 e. The van der Waals surface area contributed by atoms with Crippen LogP contribution in [0.5, 0.6) is 0 Å². The third-order valence-electron chi connectivity index (χ3n) is 3.00. The molecule has 0 spiro atoms. The van der Waals surface area contributed by atoms with Crippen LogP contribution in [-0.4, -0.2) is 43.1 Å². The Hall–Kier alpha value is -1.29. The molecule has 4 heteroatoms. The molecule has 0 aromatic carbocycles. The van der Waals surface area contributed by atoms with Gasteiger partial charge in [-0.15, -0.1) is 0 Å². The molecule has 20 heavy (non-hydrogen) atoms. The first-order valence-corrected chi connectivity index (χ1v) is 7.63. The molecule has 2 N–H and O–H groups in total. The minimum atomic E-state index is 0.430. The second-order valence-corrected chi connectivity index (χ2v) is 6.07. The molecular weight excluding hydrogens is 248 g/mol. The molecule has 1 heterocycles. The summed E-state index contributed by atoms with van der Waals surface area (Å²) in [7, 11) is 4.23. The first-order chi connectivity index (χ1) is 9.51. The van der Waals surface area contributed by atoms with E-state index in [0.717, 1.165) is 37.6 Å². The summed E-state index contributed by atoms with van der Waals surface area (Å²) >= 11 is 0. The first-order valence-electron chi connectivity index (χ1n) is 7.63. The molecule has 1 aromatic heterocycles. The fraction of sp³-hybridized carbons (Fsp3) is 0.688. The number of nitrogens with one attached hydrogen (secondary N) is 2. The maximum atomic E-state index is 4.62. The summed E-state index contributed by atoms with van der Waals surface area (Å²) < 4.78 is 0. The van der Waals surface area contributed by atoms with Crippen molar-refractivity contribution >= 4 is 11.6 Å². The summed E-state index contributed by atoms with van der Waals surface area (Å²) in [6.07, 6.45) is 2.25. The lowest BCUT2D eigenvalue weighted by Crippen LogP contribution is -2.33. The summed E-state index contributed by atoms with van der Waals surface area (Å²) in [5.74, 6) is 2.58. The topological polar surface area (TPSA) is 40.2 Å². The number of hydrogen-bond acceptors (Lipinski definition) is 4. The van der Waals surface area contributed by atoms with Gasteiger partial charge >= 0.3 is 0 Å². The fourth-order valence-corrected chi connectivity index (χ4v) is 2.26. The highest BCUT2D eigenvalue weighted by Gasteiger charge is 2.12. The molecule has 0 aliphatic carbocycles. The molecule has 114 valence electrons. The third kappa shape index (κ3) is 6.75. The molecule has 0 fully saturated rings. The van der Waals surface area contributed by atoms with Crippen molar-refractivity contribution in [3.05, 3.63) is 18.2 Å². The summed E-state index contributed by atoms with van der Waals surface area (Å²) in [5.41, 5.74) is 0. The monoisotopic (exact) mass is 278 g/mol. The van der Waals surface area contributed by atoms with Gasteiger partial charge in [0.25, 0.3) is 0 Å². The Balaban J connectivity index is 2.66. The Labute approximate surface area is 124 Å². The minimum Gasteiger partial charge on any atom is -0.370 e. The van der Waals surface area contributed by atoms with Gasteiger partial charge in [-0.3, -0.25) is 0 Å². The average Bonchev–Trinajstić information content (AvgIpc) is 2.35. The molecule has 0 saturated carbocycles. The van der Waals surface area contributed by atoms with Crippen LogP contribution in [0.1, 0.15) is 33.6 Å². The van der Waals surface area contributed by atoms with Crippen molar-refractivity contribution in [2.24, 2.45) is 5.92 Å². The van der Waals surface area contributed by atoms with Crippen LogP contribution in [0.3, 0.4) is 0 Å². The van der Waals surface area contributed by atoms with E-state index < -0.39 is 0 Å². The molecular formula is C16H30N4.